The smallest absolute Gasteiger partial charge is 0.292 e. The van der Waals surface area contributed by atoms with Gasteiger partial charge in [-0.1, -0.05) is 18.2 Å². The Balaban J connectivity index is 1.90. The highest BCUT2D eigenvalue weighted by molar-refractivity contribution is 5.62. The summed E-state index contributed by atoms with van der Waals surface area (Å²) in [6.45, 7) is 0. The van der Waals surface area contributed by atoms with Gasteiger partial charge >= 0.3 is 0 Å². The van der Waals surface area contributed by atoms with Crippen molar-refractivity contribution in [2.75, 3.05) is 5.32 Å². The number of fused-ring (bicyclic) bond motifs is 1. The largest absolute Gasteiger partial charge is 0.373 e. The Labute approximate surface area is 115 Å². The molecule has 0 heterocycles. The lowest BCUT2D eigenvalue weighted by molar-refractivity contribution is -0.384. The van der Waals surface area contributed by atoms with E-state index in [1.165, 1.54) is 18.2 Å². The Kier molecular flexibility index (Phi) is 3.10. The van der Waals surface area contributed by atoms with Crippen molar-refractivity contribution in [1.82, 2.24) is 0 Å². The number of aryl methyl sites for hydroxylation is 1. The van der Waals surface area contributed by atoms with Gasteiger partial charge in [0, 0.05) is 6.07 Å². The maximum Gasteiger partial charge on any atom is 0.292 e. The summed E-state index contributed by atoms with van der Waals surface area (Å²) in [4.78, 5) is 10.6. The van der Waals surface area contributed by atoms with Crippen LogP contribution < -0.4 is 5.32 Å². The maximum atomic E-state index is 13.2. The average Bonchev–Trinajstić information content (AvgIpc) is 2.81. The van der Waals surface area contributed by atoms with Crippen molar-refractivity contribution in [2.24, 2.45) is 0 Å². The second-order valence-electron chi connectivity index (χ2n) is 4.85. The lowest BCUT2D eigenvalue weighted by Gasteiger charge is -2.15. The van der Waals surface area contributed by atoms with E-state index in [0.29, 0.717) is 5.69 Å². The molecule has 0 radical (unpaired) electrons. The average molecular weight is 272 g/mol. The molecule has 0 saturated carbocycles. The zero-order valence-corrected chi connectivity index (χ0v) is 10.7. The predicted octanol–water partition coefficient (Wildman–Crippen LogP) is 3.83. The highest BCUT2D eigenvalue weighted by atomic mass is 19.1. The molecule has 0 aliphatic heterocycles. The Morgan fingerprint density at radius 2 is 2.05 bits per heavy atom. The third-order valence-corrected chi connectivity index (χ3v) is 3.61. The molecule has 4 nitrogen and oxygen atoms in total. The number of benzene rings is 2. The Bertz CT molecular complexity index is 673. The quantitative estimate of drug-likeness (QED) is 0.682. The van der Waals surface area contributed by atoms with Gasteiger partial charge in [0.15, 0.2) is 0 Å². The predicted molar refractivity (Wildman–Crippen MR) is 74.2 cm³/mol. The van der Waals surface area contributed by atoms with E-state index in [1.54, 1.807) is 24.3 Å². The van der Waals surface area contributed by atoms with Crippen molar-refractivity contribution in [3.63, 3.8) is 0 Å². The lowest BCUT2D eigenvalue weighted by Crippen LogP contribution is -2.08. The first-order valence-corrected chi connectivity index (χ1v) is 6.43. The van der Waals surface area contributed by atoms with Crippen molar-refractivity contribution < 1.29 is 9.31 Å². The number of nitrogens with one attached hydrogen (secondary N) is 1. The highest BCUT2D eigenvalue weighted by Crippen LogP contribution is 2.36. The molecule has 20 heavy (non-hydrogen) atoms. The number of halogens is 1. The summed E-state index contributed by atoms with van der Waals surface area (Å²) in [7, 11) is 0. The number of nitro benzene ring substituents is 1. The third kappa shape index (κ3) is 2.22. The first kappa shape index (κ1) is 12.6. The van der Waals surface area contributed by atoms with Crippen LogP contribution in [0.3, 0.4) is 0 Å². The van der Waals surface area contributed by atoms with Crippen molar-refractivity contribution >= 4 is 11.4 Å². The molecular formula is C15H13FN2O2. The van der Waals surface area contributed by atoms with Crippen LogP contribution in [-0.2, 0) is 6.42 Å². The Hall–Kier alpha value is -2.43. The Morgan fingerprint density at radius 1 is 1.25 bits per heavy atom. The lowest BCUT2D eigenvalue weighted by atomic mass is 10.1. The van der Waals surface area contributed by atoms with Crippen LogP contribution in [0.15, 0.2) is 42.5 Å². The molecule has 1 aliphatic rings. The molecule has 2 aromatic rings. The van der Waals surface area contributed by atoms with Gasteiger partial charge in [0.05, 0.1) is 11.0 Å². The highest BCUT2D eigenvalue weighted by Gasteiger charge is 2.24. The molecule has 1 atom stereocenters. The molecule has 0 aromatic heterocycles. The van der Waals surface area contributed by atoms with Gasteiger partial charge in [-0.15, -0.1) is 0 Å². The van der Waals surface area contributed by atoms with Gasteiger partial charge < -0.3 is 5.32 Å². The number of anilines is 1. The van der Waals surface area contributed by atoms with Gasteiger partial charge in [0.2, 0.25) is 0 Å². The van der Waals surface area contributed by atoms with E-state index in [0.717, 1.165) is 24.0 Å². The second kappa shape index (κ2) is 4.92. The zero-order valence-electron chi connectivity index (χ0n) is 10.7. The van der Waals surface area contributed by atoms with Crippen LogP contribution in [0.1, 0.15) is 23.6 Å². The van der Waals surface area contributed by atoms with E-state index in [4.69, 9.17) is 0 Å². The summed E-state index contributed by atoms with van der Waals surface area (Å²) in [5.74, 6) is -0.241. The molecule has 0 amide bonds. The monoisotopic (exact) mass is 272 g/mol. The summed E-state index contributed by atoms with van der Waals surface area (Å²) in [6.07, 6.45) is 1.59. The molecule has 5 heteroatoms. The molecule has 2 aromatic carbocycles. The number of hydrogen-bond acceptors (Lipinski definition) is 3. The van der Waals surface area contributed by atoms with Crippen LogP contribution in [0.25, 0.3) is 0 Å². The molecule has 0 saturated heterocycles. The second-order valence-corrected chi connectivity index (χ2v) is 4.85. The van der Waals surface area contributed by atoms with Gasteiger partial charge in [-0.25, -0.2) is 4.39 Å². The molecular weight excluding hydrogens is 259 g/mol. The molecule has 0 fully saturated rings. The normalized spacial score (nSPS) is 16.8. The first-order chi connectivity index (χ1) is 9.65. The molecule has 0 bridgehead atoms. The minimum absolute atomic E-state index is 0.00769. The Morgan fingerprint density at radius 3 is 2.85 bits per heavy atom. The number of nitrogens with zero attached hydrogens (tertiary/aromatic N) is 1. The summed E-state index contributed by atoms with van der Waals surface area (Å²) in [5, 5.41) is 14.2. The van der Waals surface area contributed by atoms with Gasteiger partial charge in [0.25, 0.3) is 5.69 Å². The van der Waals surface area contributed by atoms with Crippen molar-refractivity contribution in [1.29, 1.82) is 0 Å². The van der Waals surface area contributed by atoms with Crippen molar-refractivity contribution in [2.45, 2.75) is 18.9 Å². The minimum Gasteiger partial charge on any atom is -0.373 e. The first-order valence-electron chi connectivity index (χ1n) is 6.43. The van der Waals surface area contributed by atoms with Gasteiger partial charge in [0.1, 0.15) is 11.5 Å². The van der Waals surface area contributed by atoms with Gasteiger partial charge in [-0.05, 0) is 42.2 Å². The fraction of sp³-hybridized carbons (Fsp3) is 0.200. The minimum atomic E-state index is -0.400. The van der Waals surface area contributed by atoms with Crippen LogP contribution in [0.4, 0.5) is 15.8 Å². The van der Waals surface area contributed by atoms with E-state index in [1.807, 2.05) is 0 Å². The SMILES string of the molecule is O=[N+]([O-])c1ccccc1NC1CCc2cc(F)ccc21. The van der Waals surface area contributed by atoms with Crippen LogP contribution in [0.2, 0.25) is 0 Å². The number of para-hydroxylation sites is 2. The van der Waals surface area contributed by atoms with E-state index >= 15 is 0 Å². The van der Waals surface area contributed by atoms with E-state index in [9.17, 15) is 14.5 Å². The van der Waals surface area contributed by atoms with Crippen LogP contribution in [-0.4, -0.2) is 4.92 Å². The maximum absolute atomic E-state index is 13.2. The van der Waals surface area contributed by atoms with Crippen LogP contribution >= 0.6 is 0 Å². The molecule has 3 rings (SSSR count). The summed E-state index contributed by atoms with van der Waals surface area (Å²) in [5.41, 5.74) is 2.55. The zero-order chi connectivity index (χ0) is 14.1. The number of nitro groups is 1. The summed E-state index contributed by atoms with van der Waals surface area (Å²) in [6, 6.07) is 11.3. The van der Waals surface area contributed by atoms with Crippen LogP contribution in [0.5, 0.6) is 0 Å². The molecule has 102 valence electrons. The fourth-order valence-corrected chi connectivity index (χ4v) is 2.68. The molecule has 1 N–H and O–H groups in total. The van der Waals surface area contributed by atoms with Crippen molar-refractivity contribution in [3.8, 4) is 0 Å². The molecule has 1 aliphatic carbocycles. The van der Waals surface area contributed by atoms with Gasteiger partial charge in [-0.2, -0.15) is 0 Å². The van der Waals surface area contributed by atoms with Crippen molar-refractivity contribution in [3.05, 3.63) is 69.5 Å². The van der Waals surface area contributed by atoms with Crippen LogP contribution in [0, 0.1) is 15.9 Å². The standard InChI is InChI=1S/C15H13FN2O2/c16-11-6-7-12-10(9-11)5-8-13(12)17-14-3-1-2-4-15(14)18(19)20/h1-4,6-7,9,13,17H,5,8H2. The van der Waals surface area contributed by atoms with E-state index < -0.39 is 4.92 Å². The van der Waals surface area contributed by atoms with E-state index in [2.05, 4.69) is 5.32 Å². The fourth-order valence-electron chi connectivity index (χ4n) is 2.68. The molecule has 0 spiro atoms. The third-order valence-electron chi connectivity index (χ3n) is 3.61. The number of rotatable bonds is 3. The summed E-state index contributed by atoms with van der Waals surface area (Å²) >= 11 is 0. The number of hydrogen-bond donors (Lipinski definition) is 1. The topological polar surface area (TPSA) is 55.2 Å². The van der Waals surface area contributed by atoms with Gasteiger partial charge in [-0.3, -0.25) is 10.1 Å². The molecule has 1 unspecified atom stereocenters. The van der Waals surface area contributed by atoms with E-state index in [-0.39, 0.29) is 17.5 Å². The summed E-state index contributed by atoms with van der Waals surface area (Å²) < 4.78 is 13.2.